The molecule has 0 saturated carbocycles. The molecule has 3 nitrogen and oxygen atoms in total. The van der Waals surface area contributed by atoms with Crippen molar-refractivity contribution in [2.75, 3.05) is 18.5 Å². The van der Waals surface area contributed by atoms with Gasteiger partial charge in [0.2, 0.25) is 0 Å². The van der Waals surface area contributed by atoms with Gasteiger partial charge in [-0.15, -0.1) is 0 Å². The standard InChI is InChI=1S/C17H24BrNO2/c1-12-11-21-13(9-18)10-19(12)16(20)14-7-5-6-8-15(14)17(2,3)4/h5-8,12-13H,9-11H2,1-4H3. The molecule has 116 valence electrons. The monoisotopic (exact) mass is 353 g/mol. The first-order valence-electron chi connectivity index (χ1n) is 7.42. The van der Waals surface area contributed by atoms with Crippen LogP contribution in [-0.2, 0) is 10.2 Å². The van der Waals surface area contributed by atoms with Crippen LogP contribution in [0.2, 0.25) is 0 Å². The summed E-state index contributed by atoms with van der Waals surface area (Å²) in [5.74, 6) is 0.113. The largest absolute Gasteiger partial charge is 0.373 e. The van der Waals surface area contributed by atoms with E-state index in [1.165, 1.54) is 0 Å². The fourth-order valence-electron chi connectivity index (χ4n) is 2.67. The lowest BCUT2D eigenvalue weighted by molar-refractivity contribution is -0.0362. The average molecular weight is 354 g/mol. The molecule has 0 bridgehead atoms. The second-order valence-corrected chi connectivity index (χ2v) is 7.36. The van der Waals surface area contributed by atoms with E-state index < -0.39 is 0 Å². The predicted octanol–water partition coefficient (Wildman–Crippen LogP) is 3.61. The Morgan fingerprint density at radius 3 is 2.67 bits per heavy atom. The predicted molar refractivity (Wildman–Crippen MR) is 89.2 cm³/mol. The number of ether oxygens (including phenoxy) is 1. The second-order valence-electron chi connectivity index (χ2n) is 6.71. The van der Waals surface area contributed by atoms with Gasteiger partial charge in [-0.1, -0.05) is 54.9 Å². The van der Waals surface area contributed by atoms with Crippen LogP contribution in [0.5, 0.6) is 0 Å². The van der Waals surface area contributed by atoms with E-state index in [0.717, 1.165) is 16.5 Å². The maximum absolute atomic E-state index is 13.0. The summed E-state index contributed by atoms with van der Waals surface area (Å²) in [6, 6.07) is 8.05. The van der Waals surface area contributed by atoms with Crippen molar-refractivity contribution in [3.05, 3.63) is 35.4 Å². The van der Waals surface area contributed by atoms with Crippen LogP contribution in [0.3, 0.4) is 0 Å². The van der Waals surface area contributed by atoms with Crippen molar-refractivity contribution in [1.82, 2.24) is 4.90 Å². The zero-order valence-electron chi connectivity index (χ0n) is 13.2. The Hall–Kier alpha value is -0.870. The molecule has 1 aliphatic rings. The van der Waals surface area contributed by atoms with Gasteiger partial charge in [0.15, 0.2) is 0 Å². The molecule has 0 N–H and O–H groups in total. The highest BCUT2D eigenvalue weighted by Crippen LogP contribution is 2.27. The number of amides is 1. The Morgan fingerprint density at radius 2 is 2.05 bits per heavy atom. The van der Waals surface area contributed by atoms with E-state index in [0.29, 0.717) is 13.2 Å². The molecule has 1 aliphatic heterocycles. The molecule has 0 aliphatic carbocycles. The first kappa shape index (κ1) is 16.5. The highest BCUT2D eigenvalue weighted by molar-refractivity contribution is 9.09. The van der Waals surface area contributed by atoms with E-state index in [4.69, 9.17) is 4.74 Å². The van der Waals surface area contributed by atoms with Gasteiger partial charge in [0.25, 0.3) is 5.91 Å². The van der Waals surface area contributed by atoms with Crippen LogP contribution in [0.1, 0.15) is 43.6 Å². The zero-order valence-corrected chi connectivity index (χ0v) is 14.8. The number of hydrogen-bond donors (Lipinski definition) is 0. The molecule has 1 heterocycles. The van der Waals surface area contributed by atoms with Crippen LogP contribution >= 0.6 is 15.9 Å². The Bertz CT molecular complexity index is 510. The smallest absolute Gasteiger partial charge is 0.254 e. The quantitative estimate of drug-likeness (QED) is 0.760. The molecule has 1 amide bonds. The summed E-state index contributed by atoms with van der Waals surface area (Å²) in [5, 5.41) is 0.754. The highest BCUT2D eigenvalue weighted by Gasteiger charge is 2.32. The fraction of sp³-hybridized carbons (Fsp3) is 0.588. The number of hydrogen-bond acceptors (Lipinski definition) is 2. The van der Waals surface area contributed by atoms with Gasteiger partial charge in [0, 0.05) is 17.4 Å². The van der Waals surface area contributed by atoms with Crippen molar-refractivity contribution in [3.8, 4) is 0 Å². The summed E-state index contributed by atoms with van der Waals surface area (Å²) in [6.45, 7) is 9.71. The van der Waals surface area contributed by atoms with E-state index in [1.54, 1.807) is 0 Å². The van der Waals surface area contributed by atoms with Crippen LogP contribution in [0.25, 0.3) is 0 Å². The Balaban J connectivity index is 2.31. The van der Waals surface area contributed by atoms with Crippen molar-refractivity contribution in [2.24, 2.45) is 0 Å². The number of carbonyl (C=O) groups is 1. The normalized spacial score (nSPS) is 23.2. The average Bonchev–Trinajstić information content (AvgIpc) is 2.46. The highest BCUT2D eigenvalue weighted by atomic mass is 79.9. The first-order chi connectivity index (χ1) is 9.84. The minimum absolute atomic E-state index is 0.0450. The molecule has 0 spiro atoms. The first-order valence-corrected chi connectivity index (χ1v) is 8.54. The molecule has 0 aromatic heterocycles. The molecule has 0 radical (unpaired) electrons. The Morgan fingerprint density at radius 1 is 1.38 bits per heavy atom. The Labute approximate surface area is 135 Å². The van der Waals surface area contributed by atoms with E-state index in [1.807, 2.05) is 30.0 Å². The maximum Gasteiger partial charge on any atom is 0.254 e. The summed E-state index contributed by atoms with van der Waals surface area (Å²) >= 11 is 3.45. The van der Waals surface area contributed by atoms with Gasteiger partial charge in [-0.05, 0) is 24.0 Å². The number of carbonyl (C=O) groups excluding carboxylic acids is 1. The minimum atomic E-state index is -0.0450. The lowest BCUT2D eigenvalue weighted by Crippen LogP contribution is -2.51. The fourth-order valence-corrected chi connectivity index (χ4v) is 3.06. The van der Waals surface area contributed by atoms with Gasteiger partial charge in [0.05, 0.1) is 18.8 Å². The van der Waals surface area contributed by atoms with Gasteiger partial charge in [0.1, 0.15) is 0 Å². The van der Waals surface area contributed by atoms with Gasteiger partial charge in [-0.3, -0.25) is 4.79 Å². The molecule has 21 heavy (non-hydrogen) atoms. The second kappa shape index (κ2) is 6.49. The SMILES string of the molecule is CC1COC(CBr)CN1C(=O)c1ccccc1C(C)(C)C. The van der Waals surface area contributed by atoms with Gasteiger partial charge >= 0.3 is 0 Å². The van der Waals surface area contributed by atoms with E-state index in [9.17, 15) is 4.79 Å². The molecule has 4 heteroatoms. The number of nitrogens with zero attached hydrogens (tertiary/aromatic N) is 1. The molecule has 2 atom stereocenters. The van der Waals surface area contributed by atoms with E-state index >= 15 is 0 Å². The molecule has 1 aromatic carbocycles. The number of alkyl halides is 1. The Kier molecular flexibility index (Phi) is 5.10. The molecular formula is C17H24BrNO2. The van der Waals surface area contributed by atoms with E-state index in [-0.39, 0.29) is 23.5 Å². The van der Waals surface area contributed by atoms with Crippen LogP contribution in [0, 0.1) is 0 Å². The number of halogens is 1. The van der Waals surface area contributed by atoms with Crippen molar-refractivity contribution in [3.63, 3.8) is 0 Å². The topological polar surface area (TPSA) is 29.5 Å². The van der Waals surface area contributed by atoms with Gasteiger partial charge in [-0.25, -0.2) is 0 Å². The third-order valence-corrected chi connectivity index (χ3v) is 4.63. The summed E-state index contributed by atoms with van der Waals surface area (Å²) in [5.41, 5.74) is 1.87. The molecular weight excluding hydrogens is 330 g/mol. The van der Waals surface area contributed by atoms with Gasteiger partial charge < -0.3 is 9.64 Å². The number of rotatable bonds is 2. The third-order valence-electron chi connectivity index (χ3n) is 3.90. The van der Waals surface area contributed by atoms with Crippen molar-refractivity contribution in [2.45, 2.75) is 45.3 Å². The lowest BCUT2D eigenvalue weighted by atomic mass is 9.83. The summed E-state index contributed by atoms with van der Waals surface area (Å²) in [4.78, 5) is 14.9. The summed E-state index contributed by atoms with van der Waals surface area (Å²) < 4.78 is 5.71. The van der Waals surface area contributed by atoms with E-state index in [2.05, 4.69) is 42.8 Å². The van der Waals surface area contributed by atoms with Crippen LogP contribution < -0.4 is 0 Å². The van der Waals surface area contributed by atoms with Crippen LogP contribution in [-0.4, -0.2) is 41.4 Å². The van der Waals surface area contributed by atoms with Crippen LogP contribution in [0.4, 0.5) is 0 Å². The number of morpholine rings is 1. The third kappa shape index (κ3) is 3.67. The minimum Gasteiger partial charge on any atom is -0.373 e. The van der Waals surface area contributed by atoms with Crippen LogP contribution in [0.15, 0.2) is 24.3 Å². The zero-order chi connectivity index (χ0) is 15.6. The molecule has 2 rings (SSSR count). The van der Waals surface area contributed by atoms with Crippen molar-refractivity contribution >= 4 is 21.8 Å². The van der Waals surface area contributed by atoms with Crippen molar-refractivity contribution < 1.29 is 9.53 Å². The molecule has 1 fully saturated rings. The summed E-state index contributed by atoms with van der Waals surface area (Å²) in [7, 11) is 0. The lowest BCUT2D eigenvalue weighted by Gasteiger charge is -2.38. The molecule has 1 aromatic rings. The number of benzene rings is 1. The molecule has 1 saturated heterocycles. The molecule has 2 unspecified atom stereocenters. The summed E-state index contributed by atoms with van der Waals surface area (Å²) in [6.07, 6.45) is 0.0759. The van der Waals surface area contributed by atoms with Crippen molar-refractivity contribution in [1.29, 1.82) is 0 Å². The maximum atomic E-state index is 13.0. The van der Waals surface area contributed by atoms with Gasteiger partial charge in [-0.2, -0.15) is 0 Å².